The molecule has 3 rings (SSSR count). The number of hydrogen-bond acceptors (Lipinski definition) is 3. The maximum absolute atomic E-state index is 12.5. The highest BCUT2D eigenvalue weighted by atomic mass is 16.5. The molecule has 2 fully saturated rings. The van der Waals surface area contributed by atoms with Gasteiger partial charge in [-0.3, -0.25) is 4.79 Å². The van der Waals surface area contributed by atoms with Crippen LogP contribution in [0, 0.1) is 5.92 Å². The van der Waals surface area contributed by atoms with Crippen LogP contribution in [0.15, 0.2) is 30.3 Å². The summed E-state index contributed by atoms with van der Waals surface area (Å²) in [5.41, 5.74) is 0. The average Bonchev–Trinajstić information content (AvgIpc) is 3.37. The molecule has 1 aliphatic heterocycles. The van der Waals surface area contributed by atoms with Gasteiger partial charge in [0.2, 0.25) is 0 Å². The number of carbonyl (C=O) groups excluding carboxylic acids is 1. The largest absolute Gasteiger partial charge is 0.484 e. The number of carbonyl (C=O) groups is 1. The highest BCUT2D eigenvalue weighted by Gasteiger charge is 2.34. The smallest absolute Gasteiger partial charge is 0.260 e. The first-order valence-electron chi connectivity index (χ1n) is 8.01. The molecule has 0 radical (unpaired) electrons. The number of hydrogen-bond donors (Lipinski definition) is 1. The first-order chi connectivity index (χ1) is 10.3. The quantitative estimate of drug-likeness (QED) is 0.871. The van der Waals surface area contributed by atoms with Crippen LogP contribution in [0.3, 0.4) is 0 Å². The molecule has 21 heavy (non-hydrogen) atoms. The third-order valence-corrected chi connectivity index (χ3v) is 4.33. The van der Waals surface area contributed by atoms with Crippen molar-refractivity contribution in [2.24, 2.45) is 5.92 Å². The van der Waals surface area contributed by atoms with E-state index in [2.05, 4.69) is 10.2 Å². The molecule has 1 saturated carbocycles. The fraction of sp³-hybridized carbons (Fsp3) is 0.588. The zero-order chi connectivity index (χ0) is 14.5. The second kappa shape index (κ2) is 6.94. The lowest BCUT2D eigenvalue weighted by Crippen LogP contribution is -2.42. The summed E-state index contributed by atoms with van der Waals surface area (Å²) < 4.78 is 5.61. The Morgan fingerprint density at radius 1 is 1.14 bits per heavy atom. The molecule has 1 N–H and O–H groups in total. The van der Waals surface area contributed by atoms with Gasteiger partial charge in [0.05, 0.1) is 0 Å². The van der Waals surface area contributed by atoms with Crippen LogP contribution in [0.5, 0.6) is 5.75 Å². The van der Waals surface area contributed by atoms with Gasteiger partial charge in [0.1, 0.15) is 5.75 Å². The third kappa shape index (κ3) is 4.21. The van der Waals surface area contributed by atoms with Crippen LogP contribution < -0.4 is 10.1 Å². The van der Waals surface area contributed by atoms with Gasteiger partial charge in [0, 0.05) is 12.6 Å². The monoisotopic (exact) mass is 288 g/mol. The molecule has 1 heterocycles. The molecule has 1 aromatic rings. The molecule has 0 spiro atoms. The number of para-hydroxylation sites is 1. The molecule has 0 atom stereocenters. The molecule has 114 valence electrons. The van der Waals surface area contributed by atoms with Gasteiger partial charge >= 0.3 is 0 Å². The summed E-state index contributed by atoms with van der Waals surface area (Å²) in [6.45, 7) is 3.23. The maximum atomic E-state index is 12.5. The van der Waals surface area contributed by atoms with E-state index in [0.29, 0.717) is 12.0 Å². The normalized spacial score (nSPS) is 19.2. The number of benzene rings is 1. The molecular formula is C17H24N2O2. The molecule has 4 nitrogen and oxygen atoms in total. The Labute approximate surface area is 126 Å². The summed E-state index contributed by atoms with van der Waals surface area (Å²) in [5, 5.41) is 3.38. The van der Waals surface area contributed by atoms with Crippen molar-refractivity contribution in [1.82, 2.24) is 10.2 Å². The molecule has 1 saturated heterocycles. The van der Waals surface area contributed by atoms with E-state index < -0.39 is 0 Å². The fourth-order valence-corrected chi connectivity index (χ4v) is 2.93. The van der Waals surface area contributed by atoms with E-state index in [1.54, 1.807) is 0 Å². The van der Waals surface area contributed by atoms with Crippen LogP contribution in [0.2, 0.25) is 0 Å². The van der Waals surface area contributed by atoms with Crippen LogP contribution in [-0.2, 0) is 4.79 Å². The summed E-state index contributed by atoms with van der Waals surface area (Å²) in [7, 11) is 0. The maximum Gasteiger partial charge on any atom is 0.260 e. The van der Waals surface area contributed by atoms with Crippen molar-refractivity contribution >= 4 is 5.91 Å². The van der Waals surface area contributed by atoms with Gasteiger partial charge in [0.25, 0.3) is 5.91 Å². The van der Waals surface area contributed by atoms with Crippen molar-refractivity contribution in [2.45, 2.75) is 31.7 Å². The molecule has 2 aliphatic rings. The Balaban J connectivity index is 1.52. The predicted molar refractivity (Wildman–Crippen MR) is 82.3 cm³/mol. The standard InChI is InChI=1S/C17H24N2O2/c20-17(13-21-16-4-2-1-3-5-16)19(15-6-7-15)12-14-8-10-18-11-9-14/h1-5,14-15,18H,6-13H2. The van der Waals surface area contributed by atoms with E-state index >= 15 is 0 Å². The van der Waals surface area contributed by atoms with E-state index in [1.165, 1.54) is 12.8 Å². The van der Waals surface area contributed by atoms with Crippen LogP contribution in [-0.4, -0.2) is 43.1 Å². The first kappa shape index (κ1) is 14.4. The Hall–Kier alpha value is -1.55. The van der Waals surface area contributed by atoms with E-state index in [4.69, 9.17) is 4.74 Å². The second-order valence-corrected chi connectivity index (χ2v) is 6.07. The molecular weight excluding hydrogens is 264 g/mol. The topological polar surface area (TPSA) is 41.6 Å². The lowest BCUT2D eigenvalue weighted by atomic mass is 9.97. The summed E-state index contributed by atoms with van der Waals surface area (Å²) in [5.74, 6) is 1.55. The lowest BCUT2D eigenvalue weighted by molar-refractivity contribution is -0.134. The first-order valence-corrected chi connectivity index (χ1v) is 8.01. The predicted octanol–water partition coefficient (Wildman–Crippen LogP) is 2.06. The van der Waals surface area contributed by atoms with Crippen LogP contribution in [0.1, 0.15) is 25.7 Å². The van der Waals surface area contributed by atoms with Crippen molar-refractivity contribution < 1.29 is 9.53 Å². The zero-order valence-corrected chi connectivity index (χ0v) is 12.5. The minimum atomic E-state index is 0.139. The molecule has 0 aromatic heterocycles. The van der Waals surface area contributed by atoms with E-state index in [1.807, 2.05) is 30.3 Å². The molecule has 0 bridgehead atoms. The number of nitrogens with one attached hydrogen (secondary N) is 1. The third-order valence-electron chi connectivity index (χ3n) is 4.33. The minimum absolute atomic E-state index is 0.139. The average molecular weight is 288 g/mol. The number of nitrogens with zero attached hydrogens (tertiary/aromatic N) is 1. The number of rotatable bonds is 6. The van der Waals surface area contributed by atoms with Gasteiger partial charge < -0.3 is 15.0 Å². The van der Waals surface area contributed by atoms with Gasteiger partial charge in [-0.05, 0) is 56.8 Å². The van der Waals surface area contributed by atoms with Crippen LogP contribution in [0.4, 0.5) is 0 Å². The Bertz CT molecular complexity index is 453. The molecule has 1 amide bonds. The summed E-state index contributed by atoms with van der Waals surface area (Å²) >= 11 is 0. The second-order valence-electron chi connectivity index (χ2n) is 6.07. The number of ether oxygens (including phenoxy) is 1. The Morgan fingerprint density at radius 3 is 2.52 bits per heavy atom. The number of amides is 1. The van der Waals surface area contributed by atoms with E-state index in [9.17, 15) is 4.79 Å². The number of piperidine rings is 1. The SMILES string of the molecule is O=C(COc1ccccc1)N(CC1CCNCC1)C1CC1. The van der Waals surface area contributed by atoms with Crippen LogP contribution in [0.25, 0.3) is 0 Å². The van der Waals surface area contributed by atoms with Crippen molar-refractivity contribution in [2.75, 3.05) is 26.2 Å². The van der Waals surface area contributed by atoms with E-state index in [0.717, 1.165) is 38.2 Å². The van der Waals surface area contributed by atoms with Crippen molar-refractivity contribution in [3.05, 3.63) is 30.3 Å². The summed E-state index contributed by atoms with van der Waals surface area (Å²) in [6.07, 6.45) is 4.66. The fourth-order valence-electron chi connectivity index (χ4n) is 2.93. The highest BCUT2D eigenvalue weighted by Crippen LogP contribution is 2.29. The zero-order valence-electron chi connectivity index (χ0n) is 12.5. The van der Waals surface area contributed by atoms with Gasteiger partial charge in [-0.1, -0.05) is 18.2 Å². The summed E-state index contributed by atoms with van der Waals surface area (Å²) in [4.78, 5) is 14.5. The van der Waals surface area contributed by atoms with Crippen molar-refractivity contribution in [3.8, 4) is 5.75 Å². The highest BCUT2D eigenvalue weighted by molar-refractivity contribution is 5.78. The van der Waals surface area contributed by atoms with Gasteiger partial charge in [0.15, 0.2) is 6.61 Å². The van der Waals surface area contributed by atoms with Crippen LogP contribution >= 0.6 is 0 Å². The Morgan fingerprint density at radius 2 is 1.86 bits per heavy atom. The van der Waals surface area contributed by atoms with Gasteiger partial charge in [-0.25, -0.2) is 0 Å². The molecule has 4 heteroatoms. The Kier molecular flexibility index (Phi) is 4.76. The van der Waals surface area contributed by atoms with Crippen molar-refractivity contribution in [3.63, 3.8) is 0 Å². The van der Waals surface area contributed by atoms with Crippen molar-refractivity contribution in [1.29, 1.82) is 0 Å². The van der Waals surface area contributed by atoms with E-state index in [-0.39, 0.29) is 12.5 Å². The summed E-state index contributed by atoms with van der Waals surface area (Å²) in [6, 6.07) is 10.0. The molecule has 0 unspecified atom stereocenters. The minimum Gasteiger partial charge on any atom is -0.484 e. The lowest BCUT2D eigenvalue weighted by Gasteiger charge is -2.30. The molecule has 1 aromatic carbocycles. The van der Waals surface area contributed by atoms with Gasteiger partial charge in [-0.2, -0.15) is 0 Å². The van der Waals surface area contributed by atoms with Gasteiger partial charge in [-0.15, -0.1) is 0 Å². The molecule has 1 aliphatic carbocycles.